The highest BCUT2D eigenvalue weighted by atomic mass is 35.5. The van der Waals surface area contributed by atoms with Crippen LogP contribution in [0.3, 0.4) is 0 Å². The molecule has 0 fully saturated rings. The maximum Gasteiger partial charge on any atom is 0.207 e. The lowest BCUT2D eigenvalue weighted by atomic mass is 9.90. The summed E-state index contributed by atoms with van der Waals surface area (Å²) in [5.41, 5.74) is -0.297. The van der Waals surface area contributed by atoms with Crippen LogP contribution in [-0.2, 0) is 10.3 Å². The van der Waals surface area contributed by atoms with E-state index in [1.807, 2.05) is 30.3 Å². The summed E-state index contributed by atoms with van der Waals surface area (Å²) in [7, 11) is 0. The zero-order valence-electron chi connectivity index (χ0n) is 10.8. The maximum atomic E-state index is 10.8. The normalized spacial score (nSPS) is 15.8. The van der Waals surface area contributed by atoms with Crippen molar-refractivity contribution in [3.63, 3.8) is 0 Å². The number of halogens is 2. The molecule has 0 aliphatic heterocycles. The number of hydrogen-bond acceptors (Lipinski definition) is 4. The fraction of sp³-hybridized carbons (Fsp3) is 0.286. The Morgan fingerprint density at radius 3 is 2.45 bits per heavy atom. The first kappa shape index (κ1) is 15.2. The van der Waals surface area contributed by atoms with Crippen LogP contribution in [-0.4, -0.2) is 20.1 Å². The van der Waals surface area contributed by atoms with Crippen molar-refractivity contribution < 1.29 is 9.84 Å². The topological polar surface area (TPSA) is 55.2 Å². The summed E-state index contributed by atoms with van der Waals surface area (Å²) in [6.07, 6.45) is 3.76. The molecule has 0 amide bonds. The Hall–Kier alpha value is -1.20. The van der Waals surface area contributed by atoms with Gasteiger partial charge in [0, 0.05) is 12.4 Å². The molecule has 1 N–H and O–H groups in total. The lowest BCUT2D eigenvalue weighted by Crippen LogP contribution is -2.34. The molecule has 0 aliphatic rings. The van der Waals surface area contributed by atoms with Gasteiger partial charge in [0.15, 0.2) is 0 Å². The maximum absolute atomic E-state index is 10.8. The van der Waals surface area contributed by atoms with Gasteiger partial charge >= 0.3 is 0 Å². The molecule has 106 valence electrons. The van der Waals surface area contributed by atoms with E-state index in [1.54, 1.807) is 6.92 Å². The number of rotatable bonds is 5. The van der Waals surface area contributed by atoms with E-state index >= 15 is 0 Å². The molecule has 2 rings (SSSR count). The van der Waals surface area contributed by atoms with Crippen molar-refractivity contribution in [2.45, 2.75) is 23.7 Å². The molecular weight excluding hydrogens is 299 g/mol. The van der Waals surface area contributed by atoms with Crippen molar-refractivity contribution in [2.75, 3.05) is 0 Å². The summed E-state index contributed by atoms with van der Waals surface area (Å²) in [5.74, 6) is 0. The smallest absolute Gasteiger partial charge is 0.207 e. The average molecular weight is 313 g/mol. The highest BCUT2D eigenvalue weighted by molar-refractivity contribution is 6.43. The Labute approximate surface area is 127 Å². The number of nitrogens with zero attached hydrogens (tertiary/aromatic N) is 2. The first-order valence-corrected chi connectivity index (χ1v) is 6.86. The van der Waals surface area contributed by atoms with Crippen molar-refractivity contribution in [2.24, 2.45) is 0 Å². The minimum atomic E-state index is -1.42. The Morgan fingerprint density at radius 1 is 1.20 bits per heavy atom. The van der Waals surface area contributed by atoms with E-state index in [2.05, 4.69) is 9.97 Å². The third-order valence-electron chi connectivity index (χ3n) is 2.93. The molecule has 20 heavy (non-hydrogen) atoms. The summed E-state index contributed by atoms with van der Waals surface area (Å²) in [6.45, 7) is 1.59. The van der Waals surface area contributed by atoms with Gasteiger partial charge in [0.05, 0.1) is 11.9 Å². The highest BCUT2D eigenvalue weighted by Gasteiger charge is 2.38. The molecule has 1 heterocycles. The van der Waals surface area contributed by atoms with Gasteiger partial charge in [-0.3, -0.25) is 9.97 Å². The molecule has 4 nitrogen and oxygen atoms in total. The molecular formula is C14H14Cl2N2O2. The van der Waals surface area contributed by atoms with Crippen LogP contribution in [0, 0.1) is 0 Å². The van der Waals surface area contributed by atoms with Crippen LogP contribution in [0.4, 0.5) is 0 Å². The molecule has 0 saturated carbocycles. The number of aliphatic hydroxyl groups is 1. The van der Waals surface area contributed by atoms with Crippen LogP contribution in [0.1, 0.15) is 24.3 Å². The van der Waals surface area contributed by atoms with E-state index in [0.29, 0.717) is 5.69 Å². The Balaban J connectivity index is 2.41. The number of benzene rings is 1. The number of ether oxygens (including phenoxy) is 1. The Kier molecular flexibility index (Phi) is 4.94. The first-order chi connectivity index (χ1) is 9.51. The predicted molar refractivity (Wildman–Crippen MR) is 77.4 cm³/mol. The summed E-state index contributed by atoms with van der Waals surface area (Å²) < 4.78 is 5.47. The van der Waals surface area contributed by atoms with Crippen molar-refractivity contribution >= 4 is 23.2 Å². The van der Waals surface area contributed by atoms with Crippen LogP contribution in [0.15, 0.2) is 48.9 Å². The zero-order valence-corrected chi connectivity index (χ0v) is 12.3. The van der Waals surface area contributed by atoms with Gasteiger partial charge in [0.2, 0.25) is 5.02 Å². The van der Waals surface area contributed by atoms with Gasteiger partial charge in [-0.25, -0.2) is 0 Å². The summed E-state index contributed by atoms with van der Waals surface area (Å²) in [5, 5.41) is 9.74. The van der Waals surface area contributed by atoms with Crippen molar-refractivity contribution in [3.8, 4) is 0 Å². The zero-order chi connectivity index (χ0) is 14.6. The van der Waals surface area contributed by atoms with Crippen LogP contribution >= 0.6 is 23.2 Å². The van der Waals surface area contributed by atoms with Gasteiger partial charge in [-0.15, -0.1) is 0 Å². The molecule has 6 heteroatoms. The standard InChI is InChI=1S/C14H14Cl2N2O2/c1-14(19,11-9-17-7-8-18-11)12(20-13(15)16)10-5-3-2-4-6-10/h2-9,12-13,19H,1H3. The SMILES string of the molecule is CC(O)(c1cnccn1)C(OC(Cl)Cl)c1ccccc1. The summed E-state index contributed by atoms with van der Waals surface area (Å²) in [4.78, 5) is 8.09. The minimum absolute atomic E-state index is 0.378. The largest absolute Gasteiger partial charge is 0.381 e. The second-order valence-electron chi connectivity index (χ2n) is 4.43. The van der Waals surface area contributed by atoms with Crippen molar-refractivity contribution in [1.29, 1.82) is 0 Å². The third-order valence-corrected chi connectivity index (χ3v) is 3.14. The van der Waals surface area contributed by atoms with Gasteiger partial charge in [-0.05, 0) is 12.5 Å². The molecule has 2 unspecified atom stereocenters. The van der Waals surface area contributed by atoms with Crippen LogP contribution in [0.25, 0.3) is 0 Å². The fourth-order valence-corrected chi connectivity index (χ4v) is 2.17. The van der Waals surface area contributed by atoms with Gasteiger partial charge in [-0.2, -0.15) is 0 Å². The number of alkyl halides is 2. The number of aromatic nitrogens is 2. The summed E-state index contributed by atoms with van der Waals surface area (Å²) in [6, 6.07) is 9.21. The van der Waals surface area contributed by atoms with Gasteiger partial charge < -0.3 is 9.84 Å². The van der Waals surface area contributed by atoms with E-state index in [0.717, 1.165) is 5.56 Å². The van der Waals surface area contributed by atoms with E-state index in [4.69, 9.17) is 27.9 Å². The summed E-state index contributed by atoms with van der Waals surface area (Å²) >= 11 is 11.4. The lowest BCUT2D eigenvalue weighted by molar-refractivity contribution is -0.105. The molecule has 0 spiro atoms. The fourth-order valence-electron chi connectivity index (χ4n) is 1.96. The van der Waals surface area contributed by atoms with E-state index in [1.165, 1.54) is 18.6 Å². The molecule has 1 aromatic heterocycles. The molecule has 0 bridgehead atoms. The third kappa shape index (κ3) is 3.46. The van der Waals surface area contributed by atoms with Crippen LogP contribution in [0.5, 0.6) is 0 Å². The molecule has 2 aromatic rings. The highest BCUT2D eigenvalue weighted by Crippen LogP contribution is 2.38. The molecule has 0 saturated heterocycles. The van der Waals surface area contributed by atoms with Gasteiger partial charge in [0.25, 0.3) is 0 Å². The van der Waals surface area contributed by atoms with Crippen LogP contribution < -0.4 is 0 Å². The minimum Gasteiger partial charge on any atom is -0.381 e. The second-order valence-corrected chi connectivity index (χ2v) is 5.44. The van der Waals surface area contributed by atoms with Gasteiger partial charge in [-0.1, -0.05) is 53.5 Å². The van der Waals surface area contributed by atoms with Crippen molar-refractivity contribution in [1.82, 2.24) is 9.97 Å². The molecule has 0 radical (unpaired) electrons. The van der Waals surface area contributed by atoms with Gasteiger partial charge in [0.1, 0.15) is 11.7 Å². The van der Waals surface area contributed by atoms with E-state index in [-0.39, 0.29) is 0 Å². The Bertz CT molecular complexity index is 535. The molecule has 2 atom stereocenters. The number of hydrogen-bond donors (Lipinski definition) is 1. The predicted octanol–water partition coefficient (Wildman–Crippen LogP) is 3.20. The van der Waals surface area contributed by atoms with E-state index in [9.17, 15) is 5.11 Å². The monoisotopic (exact) mass is 312 g/mol. The molecule has 0 aliphatic carbocycles. The van der Waals surface area contributed by atoms with E-state index < -0.39 is 16.7 Å². The second kappa shape index (κ2) is 6.50. The molecule has 1 aromatic carbocycles. The average Bonchev–Trinajstić information content (AvgIpc) is 2.46. The quantitative estimate of drug-likeness (QED) is 0.861. The van der Waals surface area contributed by atoms with Crippen LogP contribution in [0.2, 0.25) is 0 Å². The Morgan fingerprint density at radius 2 is 1.90 bits per heavy atom. The van der Waals surface area contributed by atoms with Crippen molar-refractivity contribution in [3.05, 3.63) is 60.2 Å². The first-order valence-electron chi connectivity index (χ1n) is 5.99. The lowest BCUT2D eigenvalue weighted by Gasteiger charge is -2.32.